The zero-order valence-corrected chi connectivity index (χ0v) is 16.9. The molecule has 0 atom stereocenters. The Morgan fingerprint density at radius 3 is 2.56 bits per heavy atom. The van der Waals surface area contributed by atoms with Crippen LogP contribution < -0.4 is 15.4 Å². The maximum Gasteiger partial charge on any atom is 0.191 e. The molecule has 2 aromatic rings. The van der Waals surface area contributed by atoms with Crippen LogP contribution in [0.25, 0.3) is 0 Å². The highest BCUT2D eigenvalue weighted by atomic mass is 127. The van der Waals surface area contributed by atoms with Gasteiger partial charge in [0, 0.05) is 19.6 Å². The zero-order chi connectivity index (χ0) is 16.6. The summed E-state index contributed by atoms with van der Waals surface area (Å²) in [5.41, 5.74) is 2.44. The molecule has 0 heterocycles. The predicted molar refractivity (Wildman–Crippen MR) is 114 cm³/mol. The second-order valence-corrected chi connectivity index (χ2v) is 6.09. The van der Waals surface area contributed by atoms with Gasteiger partial charge in [0.1, 0.15) is 12.4 Å². The number of rotatable bonds is 7. The van der Waals surface area contributed by atoms with Crippen LogP contribution in [0.15, 0.2) is 59.6 Å². The number of ether oxygens (including phenoxy) is 1. The largest absolute Gasteiger partial charge is 0.489 e. The summed E-state index contributed by atoms with van der Waals surface area (Å²) < 4.78 is 5.89. The Morgan fingerprint density at radius 2 is 1.84 bits per heavy atom. The summed E-state index contributed by atoms with van der Waals surface area (Å²) in [6.07, 6.45) is 3.44. The first kappa shape index (κ1) is 19.6. The highest BCUT2D eigenvalue weighted by Crippen LogP contribution is 2.18. The number of halogens is 1. The molecular formula is C20H26IN3O. The van der Waals surface area contributed by atoms with E-state index in [2.05, 4.69) is 39.9 Å². The molecule has 0 unspecified atom stereocenters. The Kier molecular flexibility index (Phi) is 8.04. The molecule has 134 valence electrons. The van der Waals surface area contributed by atoms with Crippen LogP contribution in [0.3, 0.4) is 0 Å². The van der Waals surface area contributed by atoms with E-state index >= 15 is 0 Å². The molecule has 0 spiro atoms. The molecule has 0 bridgehead atoms. The number of benzene rings is 2. The third-order valence-electron chi connectivity index (χ3n) is 3.99. The molecule has 1 saturated carbocycles. The molecule has 0 aromatic heterocycles. The van der Waals surface area contributed by atoms with Crippen molar-refractivity contribution in [3.63, 3.8) is 0 Å². The Bertz CT molecular complexity index is 672. The van der Waals surface area contributed by atoms with Crippen LogP contribution in [0.5, 0.6) is 5.75 Å². The van der Waals surface area contributed by atoms with Crippen molar-refractivity contribution in [2.24, 2.45) is 4.99 Å². The minimum atomic E-state index is 0. The zero-order valence-electron chi connectivity index (χ0n) is 14.6. The summed E-state index contributed by atoms with van der Waals surface area (Å²) in [6, 6.07) is 19.1. The van der Waals surface area contributed by atoms with E-state index in [0.29, 0.717) is 12.6 Å². The lowest BCUT2D eigenvalue weighted by Gasteiger charge is -2.12. The maximum atomic E-state index is 5.89. The van der Waals surface area contributed by atoms with Gasteiger partial charge in [-0.05, 0) is 42.5 Å². The summed E-state index contributed by atoms with van der Waals surface area (Å²) in [5, 5.41) is 6.76. The van der Waals surface area contributed by atoms with Gasteiger partial charge in [0.25, 0.3) is 0 Å². The second kappa shape index (κ2) is 10.3. The molecule has 5 heteroatoms. The summed E-state index contributed by atoms with van der Waals surface area (Å²) in [6.45, 7) is 1.45. The number of aliphatic imine (C=N–C) groups is 1. The van der Waals surface area contributed by atoms with E-state index in [-0.39, 0.29) is 24.0 Å². The third-order valence-corrected chi connectivity index (χ3v) is 3.99. The lowest BCUT2D eigenvalue weighted by atomic mass is 10.1. The van der Waals surface area contributed by atoms with E-state index in [1.54, 1.807) is 0 Å². The first-order valence-electron chi connectivity index (χ1n) is 8.56. The minimum Gasteiger partial charge on any atom is -0.489 e. The van der Waals surface area contributed by atoms with Gasteiger partial charge < -0.3 is 15.4 Å². The third kappa shape index (κ3) is 6.94. The van der Waals surface area contributed by atoms with E-state index in [1.165, 1.54) is 24.0 Å². The van der Waals surface area contributed by atoms with Crippen molar-refractivity contribution >= 4 is 29.9 Å². The lowest BCUT2D eigenvalue weighted by Crippen LogP contribution is -2.39. The molecule has 0 aliphatic heterocycles. The van der Waals surface area contributed by atoms with Crippen molar-refractivity contribution in [1.82, 2.24) is 10.6 Å². The van der Waals surface area contributed by atoms with Crippen molar-refractivity contribution < 1.29 is 4.74 Å². The summed E-state index contributed by atoms with van der Waals surface area (Å²) in [4.78, 5) is 4.25. The van der Waals surface area contributed by atoms with Crippen LogP contribution in [0.2, 0.25) is 0 Å². The summed E-state index contributed by atoms with van der Waals surface area (Å²) >= 11 is 0. The van der Waals surface area contributed by atoms with Gasteiger partial charge in [-0.15, -0.1) is 24.0 Å². The van der Waals surface area contributed by atoms with E-state index in [0.717, 1.165) is 24.7 Å². The Balaban J connectivity index is 0.00000225. The molecule has 4 nitrogen and oxygen atoms in total. The molecule has 3 rings (SSSR count). The van der Waals surface area contributed by atoms with Crippen molar-refractivity contribution in [2.75, 3.05) is 13.6 Å². The topological polar surface area (TPSA) is 45.7 Å². The Morgan fingerprint density at radius 1 is 1.08 bits per heavy atom. The van der Waals surface area contributed by atoms with Crippen LogP contribution in [0.4, 0.5) is 0 Å². The Hall–Kier alpha value is -1.76. The van der Waals surface area contributed by atoms with E-state index in [1.807, 2.05) is 37.4 Å². The van der Waals surface area contributed by atoms with Crippen LogP contribution in [-0.4, -0.2) is 25.6 Å². The van der Waals surface area contributed by atoms with Gasteiger partial charge in [0.05, 0.1) is 0 Å². The molecule has 1 aliphatic carbocycles. The molecule has 1 fully saturated rings. The minimum absolute atomic E-state index is 0. The molecule has 25 heavy (non-hydrogen) atoms. The molecule has 0 radical (unpaired) electrons. The first-order valence-corrected chi connectivity index (χ1v) is 8.56. The van der Waals surface area contributed by atoms with Gasteiger partial charge in [-0.25, -0.2) is 0 Å². The average Bonchev–Trinajstić information content (AvgIpc) is 3.44. The summed E-state index contributed by atoms with van der Waals surface area (Å²) in [5.74, 6) is 1.81. The fraction of sp³-hybridized carbons (Fsp3) is 0.350. The van der Waals surface area contributed by atoms with Crippen molar-refractivity contribution in [1.29, 1.82) is 0 Å². The van der Waals surface area contributed by atoms with Crippen LogP contribution >= 0.6 is 24.0 Å². The molecule has 2 aromatic carbocycles. The average molecular weight is 451 g/mol. The van der Waals surface area contributed by atoms with Crippen LogP contribution in [-0.2, 0) is 13.0 Å². The number of guanidine groups is 1. The van der Waals surface area contributed by atoms with Crippen molar-refractivity contribution in [3.8, 4) is 5.75 Å². The number of nitrogens with one attached hydrogen (secondary N) is 2. The quantitative estimate of drug-likeness (QED) is 0.383. The first-order chi connectivity index (χ1) is 11.8. The number of hydrogen-bond donors (Lipinski definition) is 2. The molecule has 0 saturated heterocycles. The molecular weight excluding hydrogens is 425 g/mol. The van der Waals surface area contributed by atoms with Gasteiger partial charge >= 0.3 is 0 Å². The monoisotopic (exact) mass is 451 g/mol. The smallest absolute Gasteiger partial charge is 0.191 e. The molecule has 2 N–H and O–H groups in total. The fourth-order valence-electron chi connectivity index (χ4n) is 2.47. The number of hydrogen-bond acceptors (Lipinski definition) is 2. The van der Waals surface area contributed by atoms with Gasteiger partial charge in [-0.2, -0.15) is 0 Å². The molecule has 1 aliphatic rings. The van der Waals surface area contributed by atoms with Crippen LogP contribution in [0, 0.1) is 0 Å². The van der Waals surface area contributed by atoms with Crippen LogP contribution in [0.1, 0.15) is 24.0 Å². The fourth-order valence-corrected chi connectivity index (χ4v) is 2.47. The van der Waals surface area contributed by atoms with Gasteiger partial charge in [0.2, 0.25) is 0 Å². The van der Waals surface area contributed by atoms with Gasteiger partial charge in [-0.1, -0.05) is 42.5 Å². The van der Waals surface area contributed by atoms with E-state index in [9.17, 15) is 0 Å². The van der Waals surface area contributed by atoms with E-state index < -0.39 is 0 Å². The standard InChI is InChI=1S/C20H25N3O.HI/c1-21-20(23-18-10-11-18)22-13-12-16-8-5-9-19(14-16)24-15-17-6-3-2-4-7-17;/h2-9,14,18H,10-13,15H2,1H3,(H2,21,22,23);1H. The van der Waals surface area contributed by atoms with Crippen molar-refractivity contribution in [2.45, 2.75) is 31.9 Å². The number of nitrogens with zero attached hydrogens (tertiary/aromatic N) is 1. The highest BCUT2D eigenvalue weighted by molar-refractivity contribution is 14.0. The van der Waals surface area contributed by atoms with Gasteiger partial charge in [0.15, 0.2) is 5.96 Å². The summed E-state index contributed by atoms with van der Waals surface area (Å²) in [7, 11) is 1.82. The predicted octanol–water partition coefficient (Wildman–Crippen LogP) is 3.75. The van der Waals surface area contributed by atoms with Gasteiger partial charge in [-0.3, -0.25) is 4.99 Å². The highest BCUT2D eigenvalue weighted by Gasteiger charge is 2.21. The van der Waals surface area contributed by atoms with Crippen molar-refractivity contribution in [3.05, 3.63) is 65.7 Å². The molecule has 0 amide bonds. The SMILES string of the molecule is CN=C(NCCc1cccc(OCc2ccccc2)c1)NC1CC1.I. The van der Waals surface area contributed by atoms with E-state index in [4.69, 9.17) is 4.74 Å². The normalized spacial score (nSPS) is 13.7. The second-order valence-electron chi connectivity index (χ2n) is 6.09. The lowest BCUT2D eigenvalue weighted by molar-refractivity contribution is 0.306. The Labute approximate surface area is 167 Å². The maximum absolute atomic E-state index is 5.89.